The molecule has 0 aromatic heterocycles. The monoisotopic (exact) mass is 169 g/mol. The van der Waals surface area contributed by atoms with Crippen molar-refractivity contribution in [3.8, 4) is 0 Å². The molecule has 0 aromatic carbocycles. The summed E-state index contributed by atoms with van der Waals surface area (Å²) in [7, 11) is 0. The summed E-state index contributed by atoms with van der Waals surface area (Å²) in [6.07, 6.45) is 6.94. The fourth-order valence-corrected chi connectivity index (χ4v) is 2.20. The van der Waals surface area contributed by atoms with E-state index in [1.807, 2.05) is 0 Å². The number of rotatable bonds is 1. The van der Waals surface area contributed by atoms with E-state index >= 15 is 0 Å². The zero-order valence-electron chi connectivity index (χ0n) is 8.77. The Bertz CT molecular complexity index is 128. The van der Waals surface area contributed by atoms with Gasteiger partial charge in [-0.1, -0.05) is 40.0 Å². The van der Waals surface area contributed by atoms with Gasteiger partial charge in [0.25, 0.3) is 0 Å². The van der Waals surface area contributed by atoms with Crippen LogP contribution in [0.25, 0.3) is 0 Å². The van der Waals surface area contributed by atoms with Crippen LogP contribution < -0.4 is 5.73 Å². The van der Waals surface area contributed by atoms with E-state index in [0.717, 1.165) is 5.92 Å². The zero-order chi connectivity index (χ0) is 9.19. The smallest absolute Gasteiger partial charge is 0.0116 e. The molecule has 0 aliphatic heterocycles. The van der Waals surface area contributed by atoms with E-state index in [1.54, 1.807) is 0 Å². The highest BCUT2D eigenvalue weighted by Gasteiger charge is 2.29. The van der Waals surface area contributed by atoms with Gasteiger partial charge in [0.2, 0.25) is 0 Å². The van der Waals surface area contributed by atoms with Crippen molar-refractivity contribution in [2.24, 2.45) is 17.1 Å². The van der Waals surface area contributed by atoms with Gasteiger partial charge in [0.15, 0.2) is 0 Å². The van der Waals surface area contributed by atoms with Gasteiger partial charge in [0.1, 0.15) is 0 Å². The lowest BCUT2D eigenvalue weighted by molar-refractivity contribution is 0.194. The van der Waals surface area contributed by atoms with Crippen molar-refractivity contribution in [1.29, 1.82) is 0 Å². The van der Waals surface area contributed by atoms with E-state index in [0.29, 0.717) is 11.5 Å². The summed E-state index contributed by atoms with van der Waals surface area (Å²) in [6.45, 7) is 6.77. The number of nitrogens with two attached hydrogens (primary N) is 1. The molecular formula is C11H23N. The maximum atomic E-state index is 6.23. The van der Waals surface area contributed by atoms with E-state index in [4.69, 9.17) is 5.73 Å². The second-order valence-electron chi connectivity index (χ2n) is 5.29. The van der Waals surface area contributed by atoms with Crippen molar-refractivity contribution in [2.75, 3.05) is 0 Å². The first-order chi connectivity index (χ1) is 5.52. The molecule has 1 atom stereocenters. The van der Waals surface area contributed by atoms with Gasteiger partial charge < -0.3 is 5.73 Å². The highest BCUT2D eigenvalue weighted by molar-refractivity contribution is 4.85. The predicted molar refractivity (Wildman–Crippen MR) is 54.0 cm³/mol. The maximum Gasteiger partial charge on any atom is 0.0116 e. The topological polar surface area (TPSA) is 26.0 Å². The van der Waals surface area contributed by atoms with Crippen LogP contribution in [-0.4, -0.2) is 6.04 Å². The van der Waals surface area contributed by atoms with E-state index in [2.05, 4.69) is 20.8 Å². The summed E-state index contributed by atoms with van der Waals surface area (Å²) in [5.74, 6) is 0.791. The van der Waals surface area contributed by atoms with Gasteiger partial charge in [-0.3, -0.25) is 0 Å². The standard InChI is InChI=1S/C11H23N/c1-11(2,3)10(12)9-7-5-4-6-8-9/h9-10H,4-8,12H2,1-3H3/t10-/m0/s1. The van der Waals surface area contributed by atoms with Crippen LogP contribution in [0.4, 0.5) is 0 Å². The van der Waals surface area contributed by atoms with Gasteiger partial charge in [-0.15, -0.1) is 0 Å². The quantitative estimate of drug-likeness (QED) is 0.641. The van der Waals surface area contributed by atoms with Crippen molar-refractivity contribution >= 4 is 0 Å². The predicted octanol–water partition coefficient (Wildman–Crippen LogP) is 2.94. The van der Waals surface area contributed by atoms with Crippen LogP contribution in [0.2, 0.25) is 0 Å². The Kier molecular flexibility index (Phi) is 3.16. The Morgan fingerprint density at radius 3 is 2.00 bits per heavy atom. The first-order valence-corrected chi connectivity index (χ1v) is 5.27. The Hall–Kier alpha value is -0.0400. The molecule has 0 spiro atoms. The van der Waals surface area contributed by atoms with Crippen molar-refractivity contribution in [2.45, 2.75) is 58.9 Å². The van der Waals surface area contributed by atoms with Gasteiger partial charge in [0, 0.05) is 6.04 Å². The SMILES string of the molecule is CC(C)(C)[C@@H](N)C1CCCCC1. The molecule has 1 nitrogen and oxygen atoms in total. The largest absolute Gasteiger partial charge is 0.327 e. The van der Waals surface area contributed by atoms with Crippen molar-refractivity contribution in [3.63, 3.8) is 0 Å². The molecule has 1 aliphatic rings. The summed E-state index contributed by atoms with van der Waals surface area (Å²) >= 11 is 0. The van der Waals surface area contributed by atoms with Gasteiger partial charge in [-0.25, -0.2) is 0 Å². The van der Waals surface area contributed by atoms with Crippen molar-refractivity contribution < 1.29 is 0 Å². The summed E-state index contributed by atoms with van der Waals surface area (Å²) in [6, 6.07) is 0.401. The van der Waals surface area contributed by atoms with Gasteiger partial charge >= 0.3 is 0 Å². The van der Waals surface area contributed by atoms with Crippen molar-refractivity contribution in [1.82, 2.24) is 0 Å². The first-order valence-electron chi connectivity index (χ1n) is 5.27. The Labute approximate surface area is 76.7 Å². The molecule has 2 N–H and O–H groups in total. The summed E-state index contributed by atoms with van der Waals surface area (Å²) in [4.78, 5) is 0. The van der Waals surface area contributed by atoms with Crippen LogP contribution in [0.5, 0.6) is 0 Å². The zero-order valence-corrected chi connectivity index (χ0v) is 8.77. The second kappa shape index (κ2) is 3.78. The minimum Gasteiger partial charge on any atom is -0.327 e. The molecule has 0 bridgehead atoms. The van der Waals surface area contributed by atoms with E-state index in [-0.39, 0.29) is 0 Å². The molecule has 72 valence electrons. The average molecular weight is 169 g/mol. The van der Waals surface area contributed by atoms with Crippen LogP contribution in [0.1, 0.15) is 52.9 Å². The van der Waals surface area contributed by atoms with Crippen LogP contribution in [0.3, 0.4) is 0 Å². The molecule has 0 radical (unpaired) electrons. The minimum absolute atomic E-state index is 0.294. The molecular weight excluding hydrogens is 146 g/mol. The van der Waals surface area contributed by atoms with E-state index in [1.165, 1.54) is 32.1 Å². The molecule has 0 heterocycles. The number of hydrogen-bond acceptors (Lipinski definition) is 1. The lowest BCUT2D eigenvalue weighted by Crippen LogP contribution is -2.42. The second-order valence-corrected chi connectivity index (χ2v) is 5.29. The van der Waals surface area contributed by atoms with Crippen molar-refractivity contribution in [3.05, 3.63) is 0 Å². The molecule has 0 unspecified atom stereocenters. The molecule has 1 rings (SSSR count). The molecule has 0 amide bonds. The van der Waals surface area contributed by atoms with Gasteiger partial charge in [-0.05, 0) is 24.2 Å². The Morgan fingerprint density at radius 1 is 1.08 bits per heavy atom. The Balaban J connectivity index is 2.45. The summed E-state index contributed by atoms with van der Waals surface area (Å²) in [5.41, 5.74) is 6.52. The average Bonchev–Trinajstić information content (AvgIpc) is 2.03. The third kappa shape index (κ3) is 2.48. The number of hydrogen-bond donors (Lipinski definition) is 1. The van der Waals surface area contributed by atoms with Crippen LogP contribution >= 0.6 is 0 Å². The normalized spacial score (nSPS) is 24.0. The molecule has 1 saturated carbocycles. The fraction of sp³-hybridized carbons (Fsp3) is 1.00. The molecule has 1 fully saturated rings. The molecule has 1 aliphatic carbocycles. The highest BCUT2D eigenvalue weighted by Crippen LogP contribution is 2.33. The van der Waals surface area contributed by atoms with Gasteiger partial charge in [0.05, 0.1) is 0 Å². The fourth-order valence-electron chi connectivity index (χ4n) is 2.20. The van der Waals surface area contributed by atoms with Gasteiger partial charge in [-0.2, -0.15) is 0 Å². The maximum absolute atomic E-state index is 6.23. The van der Waals surface area contributed by atoms with Crippen LogP contribution in [0, 0.1) is 11.3 Å². The van der Waals surface area contributed by atoms with E-state index in [9.17, 15) is 0 Å². The van der Waals surface area contributed by atoms with Crippen LogP contribution in [0.15, 0.2) is 0 Å². The molecule has 0 aromatic rings. The van der Waals surface area contributed by atoms with Crippen LogP contribution in [-0.2, 0) is 0 Å². The molecule has 1 heteroatoms. The highest BCUT2D eigenvalue weighted by atomic mass is 14.7. The third-order valence-electron chi connectivity index (χ3n) is 3.16. The minimum atomic E-state index is 0.294. The first kappa shape index (κ1) is 10.0. The lowest BCUT2D eigenvalue weighted by Gasteiger charge is -2.36. The lowest BCUT2D eigenvalue weighted by atomic mass is 9.73. The molecule has 0 saturated heterocycles. The Morgan fingerprint density at radius 2 is 1.58 bits per heavy atom. The van der Waals surface area contributed by atoms with E-state index < -0.39 is 0 Å². The summed E-state index contributed by atoms with van der Waals surface area (Å²) in [5, 5.41) is 0. The molecule has 12 heavy (non-hydrogen) atoms. The summed E-state index contributed by atoms with van der Waals surface area (Å²) < 4.78 is 0. The third-order valence-corrected chi connectivity index (χ3v) is 3.16.